The van der Waals surface area contributed by atoms with Gasteiger partial charge in [0.15, 0.2) is 0 Å². The molecule has 1 aromatic carbocycles. The molecule has 0 amide bonds. The van der Waals surface area contributed by atoms with Gasteiger partial charge in [0.2, 0.25) is 0 Å². The van der Waals surface area contributed by atoms with E-state index in [2.05, 4.69) is 15.2 Å². The summed E-state index contributed by atoms with van der Waals surface area (Å²) in [6, 6.07) is 7.70. The Bertz CT molecular complexity index is 841. The fourth-order valence-electron chi connectivity index (χ4n) is 2.99. The van der Waals surface area contributed by atoms with Gasteiger partial charge in [-0.3, -0.25) is 9.58 Å². The van der Waals surface area contributed by atoms with Gasteiger partial charge in [0.25, 0.3) is 0 Å². The van der Waals surface area contributed by atoms with E-state index in [0.717, 1.165) is 54.6 Å². The second-order valence-corrected chi connectivity index (χ2v) is 6.76. The van der Waals surface area contributed by atoms with Crippen molar-refractivity contribution >= 4 is 23.2 Å². The lowest BCUT2D eigenvalue weighted by Crippen LogP contribution is -2.33. The van der Waals surface area contributed by atoms with Crippen molar-refractivity contribution in [2.24, 2.45) is 0 Å². The van der Waals surface area contributed by atoms with Crippen molar-refractivity contribution < 1.29 is 4.52 Å². The molecule has 0 saturated heterocycles. The van der Waals surface area contributed by atoms with Crippen molar-refractivity contribution in [3.8, 4) is 11.3 Å². The van der Waals surface area contributed by atoms with E-state index < -0.39 is 0 Å². The second-order valence-electron chi connectivity index (χ2n) is 5.89. The van der Waals surface area contributed by atoms with Crippen LogP contribution in [0.25, 0.3) is 11.3 Å². The predicted molar refractivity (Wildman–Crippen MR) is 93.2 cm³/mol. The first-order chi connectivity index (χ1) is 11.7. The van der Waals surface area contributed by atoms with Gasteiger partial charge >= 0.3 is 0 Å². The van der Waals surface area contributed by atoms with Gasteiger partial charge in [0.05, 0.1) is 17.8 Å². The van der Waals surface area contributed by atoms with E-state index in [1.54, 1.807) is 6.20 Å². The lowest BCUT2D eigenvalue weighted by Gasteiger charge is -2.25. The van der Waals surface area contributed by atoms with Gasteiger partial charge in [0.1, 0.15) is 11.5 Å². The van der Waals surface area contributed by atoms with Crippen molar-refractivity contribution in [1.82, 2.24) is 19.8 Å². The third-order valence-corrected chi connectivity index (χ3v) is 4.72. The normalized spacial score (nSPS) is 14.8. The summed E-state index contributed by atoms with van der Waals surface area (Å²) in [7, 11) is 0. The molecule has 2 aromatic heterocycles. The van der Waals surface area contributed by atoms with Crippen LogP contribution in [0, 0.1) is 0 Å². The first kappa shape index (κ1) is 15.7. The highest BCUT2D eigenvalue weighted by Crippen LogP contribution is 2.30. The zero-order valence-corrected chi connectivity index (χ0v) is 14.5. The Kier molecular flexibility index (Phi) is 4.31. The van der Waals surface area contributed by atoms with E-state index in [0.29, 0.717) is 5.02 Å². The van der Waals surface area contributed by atoms with Crippen molar-refractivity contribution in [3.63, 3.8) is 0 Å². The Morgan fingerprint density at radius 3 is 2.67 bits per heavy atom. The van der Waals surface area contributed by atoms with Crippen LogP contribution in [-0.4, -0.2) is 32.9 Å². The number of halogens is 2. The Morgan fingerprint density at radius 1 is 1.08 bits per heavy atom. The molecule has 24 heavy (non-hydrogen) atoms. The summed E-state index contributed by atoms with van der Waals surface area (Å²) >= 11 is 11.9. The van der Waals surface area contributed by atoms with Crippen molar-refractivity contribution in [2.45, 2.75) is 19.5 Å². The average molecular weight is 363 g/mol. The summed E-state index contributed by atoms with van der Waals surface area (Å²) in [6.45, 7) is 3.50. The van der Waals surface area contributed by atoms with E-state index in [4.69, 9.17) is 27.7 Å². The third-order valence-electron chi connectivity index (χ3n) is 4.27. The molecule has 1 aliphatic heterocycles. The Labute approximate surface area is 149 Å². The maximum atomic E-state index is 5.97. The molecule has 3 aromatic rings. The lowest BCUT2D eigenvalue weighted by atomic mass is 10.0. The van der Waals surface area contributed by atoms with Crippen LogP contribution in [0.5, 0.6) is 0 Å². The molecule has 0 bridgehead atoms. The van der Waals surface area contributed by atoms with Gasteiger partial charge in [-0.2, -0.15) is 5.10 Å². The van der Waals surface area contributed by atoms with Crippen LogP contribution >= 0.6 is 23.2 Å². The number of fused-ring (bicyclic) bond motifs is 1. The topological polar surface area (TPSA) is 47.1 Å². The fourth-order valence-corrected chi connectivity index (χ4v) is 3.28. The monoisotopic (exact) mass is 362 g/mol. The smallest absolute Gasteiger partial charge is 0.143 e. The van der Waals surface area contributed by atoms with Crippen LogP contribution in [0.3, 0.4) is 0 Å². The summed E-state index contributed by atoms with van der Waals surface area (Å²) in [5.74, 6) is 0.985. The number of hydrogen-bond donors (Lipinski definition) is 0. The summed E-state index contributed by atoms with van der Waals surface area (Å²) in [5, 5.41) is 9.88. The molecule has 0 saturated carbocycles. The number of aromatic nitrogens is 3. The number of hydrogen-bond acceptors (Lipinski definition) is 4. The zero-order chi connectivity index (χ0) is 16.5. The molecule has 4 rings (SSSR count). The lowest BCUT2D eigenvalue weighted by molar-refractivity contribution is 0.225. The Hall–Kier alpha value is -1.82. The van der Waals surface area contributed by atoms with Gasteiger partial charge < -0.3 is 4.52 Å². The minimum absolute atomic E-state index is 0.667. The van der Waals surface area contributed by atoms with Crippen LogP contribution in [0.2, 0.25) is 10.0 Å². The zero-order valence-electron chi connectivity index (χ0n) is 13.0. The molecule has 5 nitrogen and oxygen atoms in total. The minimum Gasteiger partial charge on any atom is -0.360 e. The van der Waals surface area contributed by atoms with Gasteiger partial charge in [-0.25, -0.2) is 0 Å². The molecule has 0 radical (unpaired) electrons. The van der Waals surface area contributed by atoms with Crippen molar-refractivity contribution in [2.75, 3.05) is 13.1 Å². The van der Waals surface area contributed by atoms with Crippen molar-refractivity contribution in [3.05, 3.63) is 58.0 Å². The first-order valence-electron chi connectivity index (χ1n) is 7.83. The van der Waals surface area contributed by atoms with Gasteiger partial charge in [0, 0.05) is 48.4 Å². The summed E-state index contributed by atoms with van der Waals surface area (Å²) < 4.78 is 7.41. The van der Waals surface area contributed by atoms with E-state index in [1.165, 1.54) is 5.56 Å². The molecule has 0 unspecified atom stereocenters. The maximum Gasteiger partial charge on any atom is 0.143 e. The number of nitrogens with zero attached hydrogens (tertiary/aromatic N) is 4. The van der Waals surface area contributed by atoms with Gasteiger partial charge in [-0.1, -0.05) is 40.5 Å². The SMILES string of the molecule is Clc1ccc(-c2noc3c2CN(CCn2cc(Cl)cn2)CC3)cc1. The molecule has 124 valence electrons. The van der Waals surface area contributed by atoms with Crippen molar-refractivity contribution in [1.29, 1.82) is 0 Å². The highest BCUT2D eigenvalue weighted by Gasteiger charge is 2.24. The Balaban J connectivity index is 1.49. The second kappa shape index (κ2) is 6.59. The summed E-state index contributed by atoms with van der Waals surface area (Å²) in [4.78, 5) is 2.38. The average Bonchev–Trinajstić information content (AvgIpc) is 3.19. The molecular formula is C17H16Cl2N4O. The maximum absolute atomic E-state index is 5.97. The standard InChI is InChI=1S/C17H16Cl2N4O/c18-13-3-1-12(2-4-13)17-15-11-22(6-5-16(15)24-21-17)7-8-23-10-14(19)9-20-23/h1-4,9-10H,5-8,11H2. The molecule has 3 heterocycles. The summed E-state index contributed by atoms with van der Waals surface area (Å²) in [6.07, 6.45) is 4.37. The van der Waals surface area contributed by atoms with Crippen LogP contribution in [0.1, 0.15) is 11.3 Å². The van der Waals surface area contributed by atoms with Crippen LogP contribution in [-0.2, 0) is 19.5 Å². The van der Waals surface area contributed by atoms with Crippen LogP contribution in [0.15, 0.2) is 41.2 Å². The van der Waals surface area contributed by atoms with Gasteiger partial charge in [-0.05, 0) is 12.1 Å². The fraction of sp³-hybridized carbons (Fsp3) is 0.294. The van der Waals surface area contributed by atoms with E-state index in [9.17, 15) is 0 Å². The minimum atomic E-state index is 0.667. The molecule has 0 aliphatic carbocycles. The van der Waals surface area contributed by atoms with Crippen LogP contribution < -0.4 is 0 Å². The van der Waals surface area contributed by atoms with E-state index >= 15 is 0 Å². The quantitative estimate of drug-likeness (QED) is 0.705. The molecule has 0 spiro atoms. The van der Waals surface area contributed by atoms with Crippen LogP contribution in [0.4, 0.5) is 0 Å². The molecule has 0 atom stereocenters. The number of benzene rings is 1. The third kappa shape index (κ3) is 3.20. The molecular weight excluding hydrogens is 347 g/mol. The molecule has 7 heteroatoms. The van der Waals surface area contributed by atoms with E-state index in [-0.39, 0.29) is 0 Å². The number of rotatable bonds is 4. The highest BCUT2D eigenvalue weighted by molar-refractivity contribution is 6.30. The van der Waals surface area contributed by atoms with E-state index in [1.807, 2.05) is 35.1 Å². The van der Waals surface area contributed by atoms with Gasteiger partial charge in [-0.15, -0.1) is 0 Å². The largest absolute Gasteiger partial charge is 0.360 e. The Morgan fingerprint density at radius 2 is 1.92 bits per heavy atom. The molecule has 0 fully saturated rings. The molecule has 0 N–H and O–H groups in total. The highest BCUT2D eigenvalue weighted by atomic mass is 35.5. The first-order valence-corrected chi connectivity index (χ1v) is 8.58. The predicted octanol–water partition coefficient (Wildman–Crippen LogP) is 3.90. The molecule has 1 aliphatic rings. The summed E-state index contributed by atoms with van der Waals surface area (Å²) in [5.41, 5.74) is 3.11.